The van der Waals surface area contributed by atoms with Crippen LogP contribution >= 0.6 is 12.2 Å². The van der Waals surface area contributed by atoms with Crippen LogP contribution in [0.1, 0.15) is 5.69 Å². The second-order valence-electron chi connectivity index (χ2n) is 2.56. The first kappa shape index (κ1) is 11.3. The quantitative estimate of drug-likeness (QED) is 0.538. The number of rotatable bonds is 4. The Labute approximate surface area is 91.9 Å². The lowest BCUT2D eigenvalue weighted by atomic mass is 10.4. The number of nitrogens with two attached hydrogens (primary N) is 1. The predicted octanol–water partition coefficient (Wildman–Crippen LogP) is -0.304. The Morgan fingerprint density at radius 2 is 2.47 bits per heavy atom. The molecule has 0 unspecified atom stereocenters. The minimum atomic E-state index is -0.403. The summed E-state index contributed by atoms with van der Waals surface area (Å²) >= 11 is 4.75. The molecule has 6 nitrogen and oxygen atoms in total. The van der Waals surface area contributed by atoms with E-state index in [0.29, 0.717) is 5.69 Å². The molecule has 1 heterocycles. The summed E-state index contributed by atoms with van der Waals surface area (Å²) in [4.78, 5) is 18.9. The van der Waals surface area contributed by atoms with E-state index >= 15 is 0 Å². The van der Waals surface area contributed by atoms with Crippen LogP contribution in [0.15, 0.2) is 12.3 Å². The molecular weight excluding hydrogens is 216 g/mol. The number of anilines is 1. The number of nitrogens with zero attached hydrogens (tertiary/aromatic N) is 2. The minimum Gasteiger partial charge on any atom is -0.468 e. The van der Waals surface area contributed by atoms with E-state index in [1.807, 2.05) is 0 Å². The van der Waals surface area contributed by atoms with Crippen LogP contribution in [0.25, 0.3) is 0 Å². The first-order valence-electron chi connectivity index (χ1n) is 4.07. The third-order valence-electron chi connectivity index (χ3n) is 1.53. The molecule has 0 aliphatic heterocycles. The average Bonchev–Trinajstić information content (AvgIpc) is 2.26. The fraction of sp³-hybridized carbons (Fsp3) is 0.250. The normalized spacial score (nSPS) is 9.40. The van der Waals surface area contributed by atoms with Gasteiger partial charge in [-0.25, -0.2) is 9.97 Å². The molecule has 0 radical (unpaired) electrons. The van der Waals surface area contributed by atoms with Gasteiger partial charge >= 0.3 is 5.97 Å². The summed E-state index contributed by atoms with van der Waals surface area (Å²) in [5.41, 5.74) is 5.84. The van der Waals surface area contributed by atoms with E-state index < -0.39 is 5.97 Å². The van der Waals surface area contributed by atoms with E-state index in [4.69, 9.17) is 18.0 Å². The molecule has 1 aromatic heterocycles. The fourth-order valence-electron chi connectivity index (χ4n) is 0.804. The van der Waals surface area contributed by atoms with Gasteiger partial charge in [-0.1, -0.05) is 12.2 Å². The molecule has 1 aromatic rings. The van der Waals surface area contributed by atoms with Gasteiger partial charge in [0.1, 0.15) is 17.2 Å². The Balaban J connectivity index is 2.66. The first-order chi connectivity index (χ1) is 7.13. The monoisotopic (exact) mass is 226 g/mol. The van der Waals surface area contributed by atoms with E-state index in [1.165, 1.54) is 13.3 Å². The minimum absolute atomic E-state index is 0.00269. The van der Waals surface area contributed by atoms with Crippen molar-refractivity contribution in [2.45, 2.75) is 0 Å². The largest absolute Gasteiger partial charge is 0.468 e. The molecule has 0 aliphatic rings. The van der Waals surface area contributed by atoms with Crippen molar-refractivity contribution in [1.82, 2.24) is 9.97 Å². The lowest BCUT2D eigenvalue weighted by Crippen LogP contribution is -2.18. The predicted molar refractivity (Wildman–Crippen MR) is 58.4 cm³/mol. The standard InChI is InChI=1S/C8H10N4O2S/c1-14-6(13)4-11-8-10-3-2-5(12-8)7(9)15/h2-3H,4H2,1H3,(H2,9,15)(H,10,11,12). The van der Waals surface area contributed by atoms with Crippen molar-refractivity contribution < 1.29 is 9.53 Å². The molecule has 0 spiro atoms. The molecule has 1 rings (SSSR count). The van der Waals surface area contributed by atoms with Crippen molar-refractivity contribution in [2.24, 2.45) is 5.73 Å². The van der Waals surface area contributed by atoms with Gasteiger partial charge in [0, 0.05) is 6.20 Å². The van der Waals surface area contributed by atoms with E-state index in [0.717, 1.165) is 0 Å². The molecule has 7 heteroatoms. The highest BCUT2D eigenvalue weighted by Crippen LogP contribution is 1.99. The Morgan fingerprint density at radius 3 is 3.07 bits per heavy atom. The fourth-order valence-corrected chi connectivity index (χ4v) is 0.918. The number of carbonyl (C=O) groups is 1. The SMILES string of the molecule is COC(=O)CNc1nccc(C(N)=S)n1. The summed E-state index contributed by atoms with van der Waals surface area (Å²) in [7, 11) is 1.30. The maximum absolute atomic E-state index is 10.8. The van der Waals surface area contributed by atoms with Crippen LogP contribution in [0.5, 0.6) is 0 Å². The number of methoxy groups -OCH3 is 1. The van der Waals surface area contributed by atoms with Gasteiger partial charge < -0.3 is 15.8 Å². The molecule has 0 atom stereocenters. The van der Waals surface area contributed by atoms with Gasteiger partial charge in [0.2, 0.25) is 5.95 Å². The van der Waals surface area contributed by atoms with E-state index in [2.05, 4.69) is 20.0 Å². The van der Waals surface area contributed by atoms with Gasteiger partial charge in [0.05, 0.1) is 7.11 Å². The summed E-state index contributed by atoms with van der Waals surface area (Å²) in [5.74, 6) is -0.120. The molecule has 3 N–H and O–H groups in total. The van der Waals surface area contributed by atoms with Crippen molar-refractivity contribution >= 4 is 29.1 Å². The third-order valence-corrected chi connectivity index (χ3v) is 1.74. The first-order valence-corrected chi connectivity index (χ1v) is 4.48. The van der Waals surface area contributed by atoms with Gasteiger partial charge in [-0.15, -0.1) is 0 Å². The second-order valence-corrected chi connectivity index (χ2v) is 3.00. The zero-order valence-electron chi connectivity index (χ0n) is 8.06. The number of ether oxygens (including phenoxy) is 1. The highest BCUT2D eigenvalue weighted by atomic mass is 32.1. The Bertz CT molecular complexity index is 383. The van der Waals surface area contributed by atoms with Crippen molar-refractivity contribution in [2.75, 3.05) is 19.0 Å². The highest BCUT2D eigenvalue weighted by Gasteiger charge is 2.03. The molecule has 0 fully saturated rings. The molecule has 0 aliphatic carbocycles. The molecule has 15 heavy (non-hydrogen) atoms. The van der Waals surface area contributed by atoms with Crippen LogP contribution in [0, 0.1) is 0 Å². The number of hydrogen-bond acceptors (Lipinski definition) is 6. The Hall–Kier alpha value is -1.76. The van der Waals surface area contributed by atoms with Crippen LogP contribution < -0.4 is 11.1 Å². The van der Waals surface area contributed by atoms with E-state index in [-0.39, 0.29) is 17.5 Å². The molecule has 0 saturated heterocycles. The molecule has 0 bridgehead atoms. The van der Waals surface area contributed by atoms with Crippen LogP contribution in [-0.2, 0) is 9.53 Å². The van der Waals surface area contributed by atoms with Crippen LogP contribution in [-0.4, -0.2) is 34.6 Å². The Kier molecular flexibility index (Phi) is 3.92. The van der Waals surface area contributed by atoms with Crippen LogP contribution in [0.3, 0.4) is 0 Å². The molecule has 0 saturated carbocycles. The number of carbonyl (C=O) groups excluding carboxylic acids is 1. The van der Waals surface area contributed by atoms with Crippen molar-refractivity contribution in [3.63, 3.8) is 0 Å². The van der Waals surface area contributed by atoms with Crippen molar-refractivity contribution in [3.05, 3.63) is 18.0 Å². The molecule has 0 amide bonds. The third kappa shape index (κ3) is 3.47. The van der Waals surface area contributed by atoms with Crippen molar-refractivity contribution in [1.29, 1.82) is 0 Å². The van der Waals surface area contributed by atoms with Crippen molar-refractivity contribution in [3.8, 4) is 0 Å². The number of aromatic nitrogens is 2. The number of nitrogens with one attached hydrogen (secondary N) is 1. The van der Waals surface area contributed by atoms with Gasteiger partial charge in [-0.3, -0.25) is 4.79 Å². The summed E-state index contributed by atoms with van der Waals surface area (Å²) in [6.07, 6.45) is 1.50. The summed E-state index contributed by atoms with van der Waals surface area (Å²) in [6.45, 7) is -0.00269. The summed E-state index contributed by atoms with van der Waals surface area (Å²) < 4.78 is 4.44. The van der Waals surface area contributed by atoms with Gasteiger partial charge in [0.15, 0.2) is 0 Å². The number of hydrogen-bond donors (Lipinski definition) is 2. The Morgan fingerprint density at radius 1 is 1.73 bits per heavy atom. The molecule has 0 aromatic carbocycles. The maximum Gasteiger partial charge on any atom is 0.325 e. The number of thiocarbonyl (C=S) groups is 1. The van der Waals surface area contributed by atoms with Gasteiger partial charge in [-0.05, 0) is 6.07 Å². The summed E-state index contributed by atoms with van der Waals surface area (Å²) in [6, 6.07) is 1.59. The second kappa shape index (κ2) is 5.20. The zero-order chi connectivity index (χ0) is 11.3. The zero-order valence-corrected chi connectivity index (χ0v) is 8.87. The lowest BCUT2D eigenvalue weighted by Gasteiger charge is -2.04. The molecule has 80 valence electrons. The number of esters is 1. The average molecular weight is 226 g/mol. The topological polar surface area (TPSA) is 90.1 Å². The maximum atomic E-state index is 10.8. The van der Waals surface area contributed by atoms with Crippen LogP contribution in [0.2, 0.25) is 0 Å². The lowest BCUT2D eigenvalue weighted by molar-refractivity contribution is -0.138. The van der Waals surface area contributed by atoms with Gasteiger partial charge in [-0.2, -0.15) is 0 Å². The smallest absolute Gasteiger partial charge is 0.325 e. The molecular formula is C8H10N4O2S. The highest BCUT2D eigenvalue weighted by molar-refractivity contribution is 7.80. The van der Waals surface area contributed by atoms with E-state index in [9.17, 15) is 4.79 Å². The summed E-state index contributed by atoms with van der Waals surface area (Å²) in [5, 5.41) is 2.68. The van der Waals surface area contributed by atoms with E-state index in [1.54, 1.807) is 6.07 Å². The van der Waals surface area contributed by atoms with Gasteiger partial charge in [0.25, 0.3) is 0 Å². The van der Waals surface area contributed by atoms with Crippen LogP contribution in [0.4, 0.5) is 5.95 Å².